The molecule has 22 heavy (non-hydrogen) atoms. The first kappa shape index (κ1) is 14.6. The Labute approximate surface area is 129 Å². The number of Topliss-reactive ketones (excluding diaryl/α,β-unsaturated/α-hetero) is 1. The molecule has 0 radical (unpaired) electrons. The van der Waals surface area contributed by atoms with Gasteiger partial charge in [0.1, 0.15) is 5.76 Å². The first-order chi connectivity index (χ1) is 10.5. The zero-order valence-corrected chi connectivity index (χ0v) is 13.1. The third kappa shape index (κ3) is 2.45. The molecule has 3 rings (SSSR count). The molecule has 114 valence electrons. The molecular weight excluding hydrogens is 278 g/mol. The van der Waals surface area contributed by atoms with E-state index in [0.29, 0.717) is 23.3 Å². The summed E-state index contributed by atoms with van der Waals surface area (Å²) >= 11 is 0. The third-order valence-corrected chi connectivity index (χ3v) is 4.15. The molecule has 0 aliphatic heterocycles. The fourth-order valence-corrected chi connectivity index (χ4v) is 2.91. The molecule has 1 aromatic heterocycles. The minimum atomic E-state index is -0.298. The van der Waals surface area contributed by atoms with E-state index in [4.69, 9.17) is 4.42 Å². The number of aryl methyl sites for hydroxylation is 3. The van der Waals surface area contributed by atoms with E-state index in [1.807, 2.05) is 32.0 Å². The van der Waals surface area contributed by atoms with Gasteiger partial charge < -0.3 is 9.73 Å². The van der Waals surface area contributed by atoms with Crippen LogP contribution in [0, 0.1) is 20.8 Å². The Kier molecular flexibility index (Phi) is 3.61. The highest BCUT2D eigenvalue weighted by atomic mass is 16.4. The molecule has 1 heterocycles. The lowest BCUT2D eigenvalue weighted by Gasteiger charge is -2.08. The van der Waals surface area contributed by atoms with Crippen molar-refractivity contribution in [2.24, 2.45) is 0 Å². The number of ketones is 1. The molecule has 2 aromatic rings. The van der Waals surface area contributed by atoms with Gasteiger partial charge in [0, 0.05) is 24.1 Å². The first-order valence-electron chi connectivity index (χ1n) is 7.51. The Morgan fingerprint density at radius 3 is 2.68 bits per heavy atom. The van der Waals surface area contributed by atoms with Crippen LogP contribution in [0.25, 0.3) is 0 Å². The number of hydrogen-bond donors (Lipinski definition) is 1. The number of carbonyl (C=O) groups is 2. The maximum absolute atomic E-state index is 12.5. The van der Waals surface area contributed by atoms with Crippen LogP contribution in [0.4, 0.5) is 5.69 Å². The summed E-state index contributed by atoms with van der Waals surface area (Å²) in [5, 5.41) is 2.89. The van der Waals surface area contributed by atoms with Gasteiger partial charge in [0.2, 0.25) is 0 Å². The Hall–Kier alpha value is -2.36. The van der Waals surface area contributed by atoms with Crippen molar-refractivity contribution in [1.29, 1.82) is 0 Å². The summed E-state index contributed by atoms with van der Waals surface area (Å²) in [5.74, 6) is 0.683. The van der Waals surface area contributed by atoms with E-state index in [-0.39, 0.29) is 17.5 Å². The van der Waals surface area contributed by atoms with Gasteiger partial charge in [-0.3, -0.25) is 9.59 Å². The molecule has 0 atom stereocenters. The Morgan fingerprint density at radius 1 is 1.18 bits per heavy atom. The number of anilines is 1. The number of rotatable bonds is 2. The Morgan fingerprint density at radius 2 is 1.95 bits per heavy atom. The molecule has 4 nitrogen and oxygen atoms in total. The number of amides is 1. The minimum Gasteiger partial charge on any atom is -0.455 e. The van der Waals surface area contributed by atoms with Crippen LogP contribution in [0.15, 0.2) is 22.6 Å². The molecule has 1 amide bonds. The van der Waals surface area contributed by atoms with Crippen molar-refractivity contribution < 1.29 is 14.0 Å². The van der Waals surface area contributed by atoms with Crippen molar-refractivity contribution in [2.45, 2.75) is 40.0 Å². The van der Waals surface area contributed by atoms with Crippen molar-refractivity contribution >= 4 is 17.4 Å². The zero-order valence-electron chi connectivity index (χ0n) is 13.1. The molecule has 0 saturated carbocycles. The molecule has 4 heteroatoms. The van der Waals surface area contributed by atoms with Crippen LogP contribution >= 0.6 is 0 Å². The SMILES string of the molecule is Cc1ccc(C)c(NC(=O)c2oc3c(c2C)C(=O)CCC3)c1. The first-order valence-corrected chi connectivity index (χ1v) is 7.51. The smallest absolute Gasteiger partial charge is 0.291 e. The number of fused-ring (bicyclic) bond motifs is 1. The largest absolute Gasteiger partial charge is 0.455 e. The third-order valence-electron chi connectivity index (χ3n) is 4.15. The van der Waals surface area contributed by atoms with Gasteiger partial charge in [-0.2, -0.15) is 0 Å². The highest BCUT2D eigenvalue weighted by molar-refractivity contribution is 6.07. The fraction of sp³-hybridized carbons (Fsp3) is 0.333. The minimum absolute atomic E-state index is 0.0771. The summed E-state index contributed by atoms with van der Waals surface area (Å²) in [7, 11) is 0. The van der Waals surface area contributed by atoms with Crippen molar-refractivity contribution in [3.63, 3.8) is 0 Å². The van der Waals surface area contributed by atoms with Gasteiger partial charge in [0.15, 0.2) is 11.5 Å². The van der Waals surface area contributed by atoms with E-state index in [0.717, 1.165) is 29.7 Å². The molecule has 1 N–H and O–H groups in total. The van der Waals surface area contributed by atoms with Crippen LogP contribution in [0.5, 0.6) is 0 Å². The monoisotopic (exact) mass is 297 g/mol. The average Bonchev–Trinajstić information content (AvgIpc) is 2.81. The number of nitrogens with one attached hydrogen (secondary N) is 1. The fourth-order valence-electron chi connectivity index (χ4n) is 2.91. The number of benzene rings is 1. The molecule has 1 aliphatic carbocycles. The van der Waals surface area contributed by atoms with E-state index < -0.39 is 0 Å². The maximum Gasteiger partial charge on any atom is 0.291 e. The highest BCUT2D eigenvalue weighted by Crippen LogP contribution is 2.30. The second kappa shape index (κ2) is 5.44. The van der Waals surface area contributed by atoms with Crippen LogP contribution in [0.3, 0.4) is 0 Å². The predicted molar refractivity (Wildman–Crippen MR) is 84.6 cm³/mol. The summed E-state index contributed by atoms with van der Waals surface area (Å²) < 4.78 is 5.68. The summed E-state index contributed by atoms with van der Waals surface area (Å²) in [5.41, 5.74) is 4.10. The lowest BCUT2D eigenvalue weighted by molar-refractivity contribution is 0.0963. The molecule has 1 aromatic carbocycles. The van der Waals surface area contributed by atoms with Crippen LogP contribution in [-0.2, 0) is 6.42 Å². The zero-order chi connectivity index (χ0) is 15.9. The van der Waals surface area contributed by atoms with Crippen molar-refractivity contribution in [2.75, 3.05) is 5.32 Å². The summed E-state index contributed by atoms with van der Waals surface area (Å²) in [4.78, 5) is 24.5. The van der Waals surface area contributed by atoms with Gasteiger partial charge >= 0.3 is 0 Å². The molecule has 0 unspecified atom stereocenters. The number of hydrogen-bond acceptors (Lipinski definition) is 3. The average molecular weight is 297 g/mol. The van der Waals surface area contributed by atoms with E-state index in [1.165, 1.54) is 0 Å². The van der Waals surface area contributed by atoms with E-state index in [2.05, 4.69) is 5.32 Å². The van der Waals surface area contributed by atoms with Crippen molar-refractivity contribution in [3.8, 4) is 0 Å². The lowest BCUT2D eigenvalue weighted by Crippen LogP contribution is -2.14. The van der Waals surface area contributed by atoms with Crippen molar-refractivity contribution in [3.05, 3.63) is 52.0 Å². The second-order valence-electron chi connectivity index (χ2n) is 5.90. The number of furan rings is 1. The van der Waals surface area contributed by atoms with E-state index >= 15 is 0 Å². The number of carbonyl (C=O) groups excluding carboxylic acids is 2. The van der Waals surface area contributed by atoms with Gasteiger partial charge in [-0.1, -0.05) is 12.1 Å². The molecule has 0 fully saturated rings. The summed E-state index contributed by atoms with van der Waals surface area (Å²) in [6.45, 7) is 5.70. The van der Waals surface area contributed by atoms with Gasteiger partial charge in [0.05, 0.1) is 5.56 Å². The van der Waals surface area contributed by atoms with Crippen LogP contribution in [0.2, 0.25) is 0 Å². The highest BCUT2D eigenvalue weighted by Gasteiger charge is 2.28. The standard InChI is InChI=1S/C18H19NO3/c1-10-7-8-11(2)13(9-10)19-18(21)17-12(3)16-14(20)5-4-6-15(16)22-17/h7-9H,4-6H2,1-3H3,(H,19,21). The van der Waals surface area contributed by atoms with E-state index in [1.54, 1.807) is 6.92 Å². The van der Waals surface area contributed by atoms with Crippen LogP contribution in [0.1, 0.15) is 56.2 Å². The predicted octanol–water partition coefficient (Wildman–Crippen LogP) is 3.98. The lowest BCUT2D eigenvalue weighted by atomic mass is 9.94. The Bertz CT molecular complexity index is 771. The van der Waals surface area contributed by atoms with Crippen molar-refractivity contribution in [1.82, 2.24) is 0 Å². The molecule has 0 spiro atoms. The summed E-state index contributed by atoms with van der Waals surface area (Å²) in [6, 6.07) is 5.89. The van der Waals surface area contributed by atoms with Gasteiger partial charge in [-0.05, 0) is 44.4 Å². The molecule has 0 bridgehead atoms. The Balaban J connectivity index is 1.93. The van der Waals surface area contributed by atoms with Gasteiger partial charge in [-0.15, -0.1) is 0 Å². The van der Waals surface area contributed by atoms with Crippen LogP contribution in [-0.4, -0.2) is 11.7 Å². The molecule has 0 saturated heterocycles. The summed E-state index contributed by atoms with van der Waals surface area (Å²) in [6.07, 6.45) is 2.04. The topological polar surface area (TPSA) is 59.3 Å². The van der Waals surface area contributed by atoms with Crippen LogP contribution < -0.4 is 5.32 Å². The van der Waals surface area contributed by atoms with E-state index in [9.17, 15) is 9.59 Å². The quantitative estimate of drug-likeness (QED) is 0.912. The maximum atomic E-state index is 12.5. The molecule has 1 aliphatic rings. The van der Waals surface area contributed by atoms with Gasteiger partial charge in [-0.25, -0.2) is 0 Å². The normalized spacial score (nSPS) is 13.9. The van der Waals surface area contributed by atoms with Gasteiger partial charge in [0.25, 0.3) is 5.91 Å². The second-order valence-corrected chi connectivity index (χ2v) is 5.90. The molecular formula is C18H19NO3.